The van der Waals surface area contributed by atoms with E-state index in [-0.39, 0.29) is 74.5 Å². The second kappa shape index (κ2) is 24.0. The standard InChI is InChI=1S/C41H54N4O9S/c1-28(2)24-34(44-40(52)31(19-22-46)20-23-55-3)35(47)26-32(25-29-12-6-4-7-13-29)39(51)42-21-11-10-16-33(41(53)54-45-37(49)17-18-38(45)50)43-27-36(48)30-14-8-5-9-15-30/h4-9,12-15,22,28,31-34,43H,10-11,16-21,23-27H2,1-3H3,(H,42,51)(H,44,52)/t31-,32+,33-,34-/m0/s1. The predicted octanol–water partition coefficient (Wildman–Crippen LogP) is 4.03. The molecule has 298 valence electrons. The number of nitrogens with zero attached hydrogens (tertiary/aromatic N) is 1. The van der Waals surface area contributed by atoms with Crippen molar-refractivity contribution < 1.29 is 43.2 Å². The molecule has 3 rings (SSSR count). The third-order valence-corrected chi connectivity index (χ3v) is 9.92. The van der Waals surface area contributed by atoms with E-state index in [1.165, 1.54) is 0 Å². The normalized spacial score (nSPS) is 14.9. The van der Waals surface area contributed by atoms with E-state index in [1.807, 2.05) is 50.4 Å². The lowest BCUT2D eigenvalue weighted by Gasteiger charge is -2.24. The van der Waals surface area contributed by atoms with Gasteiger partial charge in [-0.05, 0) is 62.0 Å². The van der Waals surface area contributed by atoms with Crippen molar-refractivity contribution in [2.75, 3.05) is 25.1 Å². The van der Waals surface area contributed by atoms with Crippen molar-refractivity contribution in [3.8, 4) is 0 Å². The van der Waals surface area contributed by atoms with Crippen molar-refractivity contribution in [3.05, 3.63) is 71.8 Å². The van der Waals surface area contributed by atoms with Gasteiger partial charge >= 0.3 is 5.97 Å². The lowest BCUT2D eigenvalue weighted by Crippen LogP contribution is -2.46. The van der Waals surface area contributed by atoms with Gasteiger partial charge in [0.25, 0.3) is 11.8 Å². The minimum atomic E-state index is -1.02. The number of nitrogens with one attached hydrogen (secondary N) is 3. The maximum Gasteiger partial charge on any atom is 0.349 e. The van der Waals surface area contributed by atoms with Crippen LogP contribution in [-0.2, 0) is 44.8 Å². The van der Waals surface area contributed by atoms with Gasteiger partial charge in [-0.25, -0.2) is 4.79 Å². The highest BCUT2D eigenvalue weighted by Crippen LogP contribution is 2.19. The highest BCUT2D eigenvalue weighted by atomic mass is 32.2. The van der Waals surface area contributed by atoms with E-state index in [9.17, 15) is 38.4 Å². The number of unbranched alkanes of at least 4 members (excludes halogenated alkanes) is 1. The molecule has 13 nitrogen and oxygen atoms in total. The number of amides is 4. The fourth-order valence-corrected chi connectivity index (χ4v) is 6.71. The summed E-state index contributed by atoms with van der Waals surface area (Å²) in [6, 6.07) is 16.0. The van der Waals surface area contributed by atoms with Gasteiger partial charge in [-0.2, -0.15) is 11.8 Å². The lowest BCUT2D eigenvalue weighted by atomic mass is 9.88. The molecule has 0 spiro atoms. The molecule has 0 radical (unpaired) electrons. The van der Waals surface area contributed by atoms with E-state index >= 15 is 0 Å². The SMILES string of the molecule is CSCC[C@H](CC=O)C(=O)N[C@@H](CC(C)C)C(=O)C[C@@H](Cc1ccccc1)C(=O)NCCCC[C@H](NCC(=O)c1ccccc1)C(=O)ON1C(=O)CCC1=O. The first-order chi connectivity index (χ1) is 26.4. The quantitative estimate of drug-likeness (QED) is 0.0542. The Morgan fingerprint density at radius 2 is 1.51 bits per heavy atom. The van der Waals surface area contributed by atoms with Crippen LogP contribution in [0.5, 0.6) is 0 Å². The molecule has 4 atom stereocenters. The second-order valence-corrected chi connectivity index (χ2v) is 15.1. The molecule has 0 unspecified atom stereocenters. The summed E-state index contributed by atoms with van der Waals surface area (Å²) in [5.74, 6) is -3.80. The molecule has 0 aliphatic carbocycles. The zero-order valence-corrected chi connectivity index (χ0v) is 32.8. The number of aldehydes is 1. The Balaban J connectivity index is 1.64. The smallest absolute Gasteiger partial charge is 0.349 e. The first-order valence-electron chi connectivity index (χ1n) is 18.9. The van der Waals surface area contributed by atoms with Crippen molar-refractivity contribution in [3.63, 3.8) is 0 Å². The van der Waals surface area contributed by atoms with Gasteiger partial charge in [0.2, 0.25) is 11.8 Å². The van der Waals surface area contributed by atoms with Crippen molar-refractivity contribution in [2.24, 2.45) is 17.8 Å². The van der Waals surface area contributed by atoms with Crippen LogP contribution in [0.15, 0.2) is 60.7 Å². The van der Waals surface area contributed by atoms with Crippen molar-refractivity contribution in [1.29, 1.82) is 0 Å². The van der Waals surface area contributed by atoms with Crippen LogP contribution in [0, 0.1) is 17.8 Å². The molecule has 55 heavy (non-hydrogen) atoms. The monoisotopic (exact) mass is 778 g/mol. The maximum absolute atomic E-state index is 13.8. The van der Waals surface area contributed by atoms with Gasteiger partial charge in [-0.15, -0.1) is 5.06 Å². The van der Waals surface area contributed by atoms with Crippen molar-refractivity contribution in [1.82, 2.24) is 21.0 Å². The number of thioether (sulfide) groups is 1. The Bertz CT molecular complexity index is 1590. The third-order valence-electron chi connectivity index (χ3n) is 9.27. The summed E-state index contributed by atoms with van der Waals surface area (Å²) in [6.07, 6.45) is 4.68. The summed E-state index contributed by atoms with van der Waals surface area (Å²) >= 11 is 1.57. The first kappa shape index (κ1) is 44.7. The summed E-state index contributed by atoms with van der Waals surface area (Å²) in [4.78, 5) is 107. The largest absolute Gasteiger partial charge is 0.356 e. The molecule has 1 aliphatic heterocycles. The number of hydrogen-bond donors (Lipinski definition) is 3. The van der Waals surface area contributed by atoms with Crippen LogP contribution in [0.3, 0.4) is 0 Å². The Hall–Kier alpha value is -4.69. The van der Waals surface area contributed by atoms with E-state index in [2.05, 4.69) is 16.0 Å². The van der Waals surface area contributed by atoms with Crippen LogP contribution in [0.25, 0.3) is 0 Å². The molecule has 0 saturated carbocycles. The van der Waals surface area contributed by atoms with Gasteiger partial charge in [0, 0.05) is 49.6 Å². The number of hydroxylamine groups is 2. The zero-order chi connectivity index (χ0) is 40.2. The summed E-state index contributed by atoms with van der Waals surface area (Å²) < 4.78 is 0. The minimum Gasteiger partial charge on any atom is -0.356 e. The van der Waals surface area contributed by atoms with Crippen molar-refractivity contribution in [2.45, 2.75) is 90.1 Å². The number of carbonyl (C=O) groups is 8. The van der Waals surface area contributed by atoms with Gasteiger partial charge in [0.1, 0.15) is 12.3 Å². The molecular weight excluding hydrogens is 725 g/mol. The molecule has 0 aromatic heterocycles. The Morgan fingerprint density at radius 1 is 0.855 bits per heavy atom. The number of hydrogen-bond acceptors (Lipinski definition) is 11. The highest BCUT2D eigenvalue weighted by Gasteiger charge is 2.35. The molecule has 14 heteroatoms. The van der Waals surface area contributed by atoms with Gasteiger partial charge in [-0.3, -0.25) is 34.1 Å². The topological polar surface area (TPSA) is 185 Å². The Kier molecular flexibility index (Phi) is 19.5. The molecule has 1 aliphatic rings. The average molecular weight is 779 g/mol. The molecule has 0 bridgehead atoms. The lowest BCUT2D eigenvalue weighted by molar-refractivity contribution is -0.199. The van der Waals surface area contributed by atoms with E-state index < -0.39 is 41.7 Å². The number of imide groups is 1. The van der Waals surface area contributed by atoms with Crippen molar-refractivity contribution >= 4 is 59.2 Å². The van der Waals surface area contributed by atoms with Gasteiger partial charge < -0.3 is 20.3 Å². The predicted molar refractivity (Wildman–Crippen MR) is 208 cm³/mol. The number of benzene rings is 2. The minimum absolute atomic E-state index is 0.0551. The van der Waals surface area contributed by atoms with E-state index in [0.717, 1.165) is 11.8 Å². The van der Waals surface area contributed by atoms with E-state index in [1.54, 1.807) is 42.1 Å². The Labute approximate surface area is 327 Å². The van der Waals surface area contributed by atoms with Crippen LogP contribution in [0.2, 0.25) is 0 Å². The fraction of sp³-hybridized carbons (Fsp3) is 0.512. The zero-order valence-electron chi connectivity index (χ0n) is 32.0. The van der Waals surface area contributed by atoms with Crippen LogP contribution in [0.4, 0.5) is 0 Å². The highest BCUT2D eigenvalue weighted by molar-refractivity contribution is 7.98. The second-order valence-electron chi connectivity index (χ2n) is 14.1. The van der Waals surface area contributed by atoms with Crippen LogP contribution >= 0.6 is 11.8 Å². The van der Waals surface area contributed by atoms with E-state index in [4.69, 9.17) is 4.84 Å². The molecule has 3 N–H and O–H groups in total. The van der Waals surface area contributed by atoms with Crippen LogP contribution in [0.1, 0.15) is 87.6 Å². The average Bonchev–Trinajstić information content (AvgIpc) is 3.49. The van der Waals surface area contributed by atoms with Crippen LogP contribution < -0.4 is 16.0 Å². The summed E-state index contributed by atoms with van der Waals surface area (Å²) in [5.41, 5.74) is 1.32. The van der Waals surface area contributed by atoms with Crippen LogP contribution in [-0.4, -0.2) is 89.7 Å². The molecule has 1 saturated heterocycles. The first-order valence-corrected chi connectivity index (χ1v) is 20.3. The number of carbonyl (C=O) groups excluding carboxylic acids is 8. The molecule has 4 amide bonds. The fourth-order valence-electron chi connectivity index (χ4n) is 6.19. The summed E-state index contributed by atoms with van der Waals surface area (Å²) in [7, 11) is 0. The third kappa shape index (κ3) is 15.5. The molecule has 1 fully saturated rings. The molecule has 1 heterocycles. The van der Waals surface area contributed by atoms with Gasteiger partial charge in [0.05, 0.1) is 12.6 Å². The summed E-state index contributed by atoms with van der Waals surface area (Å²) in [5, 5.41) is 9.19. The summed E-state index contributed by atoms with van der Waals surface area (Å²) in [6.45, 7) is 3.93. The maximum atomic E-state index is 13.8. The Morgan fingerprint density at radius 3 is 2.13 bits per heavy atom. The number of ketones is 2. The number of Topliss-reactive ketones (excluding diaryl/α,β-unsaturated/α-hetero) is 2. The van der Waals surface area contributed by atoms with Gasteiger partial charge in [-0.1, -0.05) is 74.5 Å². The number of rotatable bonds is 26. The molecule has 2 aromatic rings. The van der Waals surface area contributed by atoms with E-state index in [0.29, 0.717) is 48.5 Å². The van der Waals surface area contributed by atoms with Gasteiger partial charge in [0.15, 0.2) is 11.6 Å². The molecule has 2 aromatic carbocycles. The molecular formula is C41H54N4O9S.